The fraction of sp³-hybridized carbons (Fsp3) is 0.391. The first-order chi connectivity index (χ1) is 15.6. The molecule has 1 unspecified atom stereocenters. The van der Waals surface area contributed by atoms with Gasteiger partial charge in [0.15, 0.2) is 0 Å². The molecule has 4 rings (SSSR count). The van der Waals surface area contributed by atoms with Crippen molar-refractivity contribution in [2.45, 2.75) is 38.3 Å². The monoisotopic (exact) mass is 436 g/mol. The van der Waals surface area contributed by atoms with Gasteiger partial charge < -0.3 is 10.6 Å². The second-order valence-corrected chi connectivity index (χ2v) is 8.21. The second kappa shape index (κ2) is 10.3. The van der Waals surface area contributed by atoms with E-state index in [1.54, 1.807) is 16.4 Å². The summed E-state index contributed by atoms with van der Waals surface area (Å²) >= 11 is 0. The first kappa shape index (κ1) is 21.9. The van der Waals surface area contributed by atoms with Gasteiger partial charge in [-0.3, -0.25) is 14.8 Å². The van der Waals surface area contributed by atoms with E-state index in [0.717, 1.165) is 42.3 Å². The SMILES string of the molecule is O=C(CC(Cc1ccc2ccccc2c1)n1cc(CNC(=O)C2CCNCC2)nn1)NO. The number of nitrogens with zero attached hydrogens (tertiary/aromatic N) is 3. The fourth-order valence-corrected chi connectivity index (χ4v) is 4.14. The summed E-state index contributed by atoms with van der Waals surface area (Å²) in [4.78, 5) is 24.3. The molecule has 1 aromatic heterocycles. The van der Waals surface area contributed by atoms with Crippen molar-refractivity contribution in [3.8, 4) is 0 Å². The maximum absolute atomic E-state index is 12.4. The van der Waals surface area contributed by atoms with Crippen LogP contribution < -0.4 is 16.1 Å². The Bertz CT molecular complexity index is 1080. The summed E-state index contributed by atoms with van der Waals surface area (Å²) in [6.45, 7) is 2.01. The van der Waals surface area contributed by atoms with Crippen LogP contribution in [0, 0.1) is 5.92 Å². The van der Waals surface area contributed by atoms with Crippen molar-refractivity contribution in [2.75, 3.05) is 13.1 Å². The van der Waals surface area contributed by atoms with E-state index in [4.69, 9.17) is 5.21 Å². The molecule has 1 atom stereocenters. The number of benzene rings is 2. The molecule has 1 fully saturated rings. The largest absolute Gasteiger partial charge is 0.350 e. The second-order valence-electron chi connectivity index (χ2n) is 8.21. The van der Waals surface area contributed by atoms with Crippen LogP contribution in [0.2, 0.25) is 0 Å². The molecule has 0 aliphatic carbocycles. The number of hydrogen-bond donors (Lipinski definition) is 4. The van der Waals surface area contributed by atoms with Gasteiger partial charge in [0.25, 0.3) is 0 Å². The molecule has 168 valence electrons. The normalized spacial score (nSPS) is 15.4. The Morgan fingerprint density at radius 3 is 2.72 bits per heavy atom. The van der Waals surface area contributed by atoms with E-state index in [9.17, 15) is 9.59 Å². The highest BCUT2D eigenvalue weighted by Gasteiger charge is 2.22. The lowest BCUT2D eigenvalue weighted by Crippen LogP contribution is -2.37. The lowest BCUT2D eigenvalue weighted by Gasteiger charge is -2.21. The van der Waals surface area contributed by atoms with Gasteiger partial charge in [-0.2, -0.15) is 0 Å². The van der Waals surface area contributed by atoms with Gasteiger partial charge in [0.1, 0.15) is 5.69 Å². The van der Waals surface area contributed by atoms with Crippen LogP contribution in [-0.4, -0.2) is 45.1 Å². The van der Waals surface area contributed by atoms with Crippen LogP contribution in [0.3, 0.4) is 0 Å². The van der Waals surface area contributed by atoms with Gasteiger partial charge >= 0.3 is 0 Å². The number of carbonyl (C=O) groups is 2. The van der Waals surface area contributed by atoms with Gasteiger partial charge in [0.05, 0.1) is 25.2 Å². The summed E-state index contributed by atoms with van der Waals surface area (Å²) in [7, 11) is 0. The lowest BCUT2D eigenvalue weighted by atomic mass is 9.97. The zero-order valence-electron chi connectivity index (χ0n) is 17.8. The van der Waals surface area contributed by atoms with E-state index in [1.165, 1.54) is 0 Å². The molecule has 1 aliphatic heterocycles. The minimum absolute atomic E-state index is 0.0280. The fourth-order valence-electron chi connectivity index (χ4n) is 4.14. The van der Waals surface area contributed by atoms with Gasteiger partial charge in [-0.25, -0.2) is 10.2 Å². The van der Waals surface area contributed by atoms with Crippen LogP contribution >= 0.6 is 0 Å². The highest BCUT2D eigenvalue weighted by molar-refractivity contribution is 5.83. The molecule has 0 saturated carbocycles. The van der Waals surface area contributed by atoms with Crippen LogP contribution in [0.1, 0.15) is 36.6 Å². The van der Waals surface area contributed by atoms with Crippen LogP contribution in [0.15, 0.2) is 48.7 Å². The zero-order chi connectivity index (χ0) is 22.3. The molecule has 0 bridgehead atoms. The van der Waals surface area contributed by atoms with E-state index < -0.39 is 5.91 Å². The van der Waals surface area contributed by atoms with E-state index in [0.29, 0.717) is 12.1 Å². The Balaban J connectivity index is 1.44. The van der Waals surface area contributed by atoms with Crippen LogP contribution in [-0.2, 0) is 22.6 Å². The van der Waals surface area contributed by atoms with Gasteiger partial charge in [0.2, 0.25) is 11.8 Å². The molecule has 2 heterocycles. The Labute approximate surface area is 186 Å². The third-order valence-corrected chi connectivity index (χ3v) is 5.92. The van der Waals surface area contributed by atoms with Gasteiger partial charge in [-0.15, -0.1) is 5.10 Å². The van der Waals surface area contributed by atoms with Gasteiger partial charge in [0, 0.05) is 5.92 Å². The minimum atomic E-state index is -0.493. The molecular weight excluding hydrogens is 408 g/mol. The zero-order valence-corrected chi connectivity index (χ0v) is 17.8. The van der Waals surface area contributed by atoms with Crippen molar-refractivity contribution in [1.29, 1.82) is 0 Å². The van der Waals surface area contributed by atoms with Crippen LogP contribution in [0.5, 0.6) is 0 Å². The number of amides is 2. The smallest absolute Gasteiger partial charge is 0.245 e. The number of hydrogen-bond acceptors (Lipinski definition) is 6. The molecule has 0 spiro atoms. The van der Waals surface area contributed by atoms with Crippen LogP contribution in [0.25, 0.3) is 10.8 Å². The summed E-state index contributed by atoms with van der Waals surface area (Å²) < 4.78 is 1.64. The maximum atomic E-state index is 12.4. The number of fused-ring (bicyclic) bond motifs is 1. The number of aromatic nitrogens is 3. The summed E-state index contributed by atoms with van der Waals surface area (Å²) in [5.74, 6) is -0.430. The van der Waals surface area contributed by atoms with Crippen molar-refractivity contribution in [3.05, 3.63) is 59.9 Å². The quantitative estimate of drug-likeness (QED) is 0.315. The predicted molar refractivity (Wildman–Crippen MR) is 119 cm³/mol. The highest BCUT2D eigenvalue weighted by atomic mass is 16.5. The Kier molecular flexibility index (Phi) is 7.08. The highest BCUT2D eigenvalue weighted by Crippen LogP contribution is 2.22. The number of nitrogens with one attached hydrogen (secondary N) is 3. The standard InChI is InChI=1S/C23H28N6O3/c30-22(27-32)13-21(12-16-5-6-17-3-1-2-4-19(17)11-16)29-15-20(26-28-29)14-25-23(31)18-7-9-24-10-8-18/h1-6,11,15,18,21,24,32H,7-10,12-14H2,(H,25,31)(H,27,30). The van der Waals surface area contributed by atoms with Crippen molar-refractivity contribution in [3.63, 3.8) is 0 Å². The van der Waals surface area contributed by atoms with Crippen LogP contribution in [0.4, 0.5) is 0 Å². The van der Waals surface area contributed by atoms with Crippen molar-refractivity contribution < 1.29 is 14.8 Å². The van der Waals surface area contributed by atoms with Gasteiger partial charge in [-0.1, -0.05) is 47.7 Å². The number of rotatable bonds is 8. The molecule has 4 N–H and O–H groups in total. The average molecular weight is 437 g/mol. The Morgan fingerprint density at radius 1 is 1.16 bits per heavy atom. The van der Waals surface area contributed by atoms with E-state index in [-0.39, 0.29) is 30.8 Å². The van der Waals surface area contributed by atoms with Crippen molar-refractivity contribution in [2.24, 2.45) is 5.92 Å². The Morgan fingerprint density at radius 2 is 1.94 bits per heavy atom. The molecule has 3 aromatic rings. The molecular formula is C23H28N6O3. The molecule has 9 heteroatoms. The molecule has 0 radical (unpaired) electrons. The predicted octanol–water partition coefficient (Wildman–Crippen LogP) is 1.73. The van der Waals surface area contributed by atoms with Crippen molar-refractivity contribution in [1.82, 2.24) is 31.1 Å². The molecule has 1 saturated heterocycles. The summed E-state index contributed by atoms with van der Waals surface area (Å²) in [6.07, 6.45) is 4.01. The van der Waals surface area contributed by atoms with E-state index in [2.05, 4.69) is 39.1 Å². The number of piperidine rings is 1. The molecule has 9 nitrogen and oxygen atoms in total. The Hall–Kier alpha value is -3.30. The van der Waals surface area contributed by atoms with E-state index in [1.807, 2.05) is 24.3 Å². The first-order valence-electron chi connectivity index (χ1n) is 10.9. The average Bonchev–Trinajstić information content (AvgIpc) is 3.31. The lowest BCUT2D eigenvalue weighted by molar-refractivity contribution is -0.130. The topological polar surface area (TPSA) is 121 Å². The maximum Gasteiger partial charge on any atom is 0.245 e. The molecule has 2 amide bonds. The third kappa shape index (κ3) is 5.49. The molecule has 1 aliphatic rings. The minimum Gasteiger partial charge on any atom is -0.350 e. The van der Waals surface area contributed by atoms with Gasteiger partial charge in [-0.05, 0) is 48.7 Å². The number of hydroxylamine groups is 1. The molecule has 2 aromatic carbocycles. The first-order valence-corrected chi connectivity index (χ1v) is 10.9. The van der Waals surface area contributed by atoms with E-state index >= 15 is 0 Å². The summed E-state index contributed by atoms with van der Waals surface area (Å²) in [5, 5.41) is 25.8. The molecule has 32 heavy (non-hydrogen) atoms. The number of carbonyl (C=O) groups excluding carboxylic acids is 2. The van der Waals surface area contributed by atoms with Crippen molar-refractivity contribution >= 4 is 22.6 Å². The summed E-state index contributed by atoms with van der Waals surface area (Å²) in [6, 6.07) is 13.9. The summed E-state index contributed by atoms with van der Waals surface area (Å²) in [5.41, 5.74) is 3.38. The third-order valence-electron chi connectivity index (χ3n) is 5.92.